The second-order valence-electron chi connectivity index (χ2n) is 3.25. The molecule has 2 aromatic rings. The number of aliphatic hydroxyl groups excluding tert-OH is 1. The van der Waals surface area contributed by atoms with E-state index in [0.29, 0.717) is 5.39 Å². The molecule has 1 atom stereocenters. The third-order valence-electron chi connectivity index (χ3n) is 2.09. The summed E-state index contributed by atoms with van der Waals surface area (Å²) in [5.41, 5.74) is 0.249. The topological polar surface area (TPSA) is 33.4 Å². The predicted molar refractivity (Wildman–Crippen MR) is 57.0 cm³/mol. The lowest BCUT2D eigenvalue weighted by atomic mass is 10.2. The molecule has 1 N–H and O–H groups in total. The second kappa shape index (κ2) is 3.87. The molecule has 0 aliphatic carbocycles. The van der Waals surface area contributed by atoms with Crippen molar-refractivity contribution >= 4 is 34.2 Å². The number of rotatable bonds is 2. The van der Waals surface area contributed by atoms with E-state index >= 15 is 0 Å². The van der Waals surface area contributed by atoms with E-state index in [1.165, 1.54) is 6.07 Å². The zero-order chi connectivity index (χ0) is 11.9. The minimum absolute atomic E-state index is 0.249. The molecule has 1 aromatic carbocycles. The summed E-state index contributed by atoms with van der Waals surface area (Å²) in [5, 5.41) is 6.27. The van der Waals surface area contributed by atoms with E-state index in [1.807, 2.05) is 0 Å². The van der Waals surface area contributed by atoms with Crippen molar-refractivity contribution < 1.29 is 18.3 Å². The quantitative estimate of drug-likeness (QED) is 0.835. The smallest absolute Gasteiger partial charge is 0.354 e. The molecule has 0 radical (unpaired) electrons. The summed E-state index contributed by atoms with van der Waals surface area (Å²) >= 11 is 10.5. The van der Waals surface area contributed by atoms with Crippen LogP contribution in [0.15, 0.2) is 28.7 Å². The van der Waals surface area contributed by atoms with Gasteiger partial charge in [0.1, 0.15) is 5.76 Å². The summed E-state index contributed by atoms with van der Waals surface area (Å²) in [6, 6.07) is 6.12. The molecule has 0 saturated carbocycles. The molecular weight excluding hydrogens is 261 g/mol. The van der Waals surface area contributed by atoms with Gasteiger partial charge in [-0.3, -0.25) is 0 Å². The van der Waals surface area contributed by atoms with Crippen molar-refractivity contribution in [3.8, 4) is 0 Å². The van der Waals surface area contributed by atoms with E-state index in [9.17, 15) is 13.9 Å². The third kappa shape index (κ3) is 2.00. The minimum Gasteiger partial charge on any atom is -0.456 e. The zero-order valence-electron chi connectivity index (χ0n) is 7.75. The molecule has 0 spiro atoms. The van der Waals surface area contributed by atoms with Gasteiger partial charge in [0.15, 0.2) is 11.7 Å². The molecule has 6 heteroatoms. The highest BCUT2D eigenvalue weighted by atomic mass is 35.5. The van der Waals surface area contributed by atoms with Crippen LogP contribution in [0, 0.1) is 0 Å². The largest absolute Gasteiger partial charge is 0.456 e. The Hall–Kier alpha value is -0.840. The molecule has 0 fully saturated rings. The van der Waals surface area contributed by atoms with Crippen molar-refractivity contribution in [1.29, 1.82) is 0 Å². The standard InChI is InChI=1S/C10H6Cl2F2O2/c11-6-3-1-2-5-4-7(16-8(5)6)9(15)10(12,13)14/h1-4,9,15H. The zero-order valence-corrected chi connectivity index (χ0v) is 9.27. The highest BCUT2D eigenvalue weighted by Crippen LogP contribution is 2.38. The van der Waals surface area contributed by atoms with Crippen LogP contribution >= 0.6 is 23.2 Å². The summed E-state index contributed by atoms with van der Waals surface area (Å²) < 4.78 is 30.3. The van der Waals surface area contributed by atoms with Gasteiger partial charge in [-0.25, -0.2) is 0 Å². The average molecular weight is 267 g/mol. The number of aliphatic hydroxyl groups is 1. The summed E-state index contributed by atoms with van der Waals surface area (Å²) in [4.78, 5) is 0. The Morgan fingerprint density at radius 1 is 1.38 bits per heavy atom. The lowest BCUT2D eigenvalue weighted by Crippen LogP contribution is -2.18. The molecule has 0 aliphatic heterocycles. The molecule has 86 valence electrons. The SMILES string of the molecule is OC(c1cc2cccc(Cl)c2o1)C(F)(F)Cl. The van der Waals surface area contributed by atoms with Crippen LogP contribution in [0.1, 0.15) is 11.9 Å². The molecule has 0 amide bonds. The Bertz CT molecular complexity index is 519. The second-order valence-corrected chi connectivity index (χ2v) is 4.16. The normalized spacial score (nSPS) is 14.3. The van der Waals surface area contributed by atoms with Crippen LogP contribution in [-0.2, 0) is 0 Å². The molecule has 1 aromatic heterocycles. The molecular formula is C10H6Cl2F2O2. The van der Waals surface area contributed by atoms with Gasteiger partial charge < -0.3 is 9.52 Å². The molecule has 2 nitrogen and oxygen atoms in total. The fourth-order valence-electron chi connectivity index (χ4n) is 1.34. The van der Waals surface area contributed by atoms with Crippen molar-refractivity contribution in [3.05, 3.63) is 35.0 Å². The van der Waals surface area contributed by atoms with Gasteiger partial charge in [0, 0.05) is 5.39 Å². The van der Waals surface area contributed by atoms with E-state index in [0.717, 1.165) is 0 Å². The first-order chi connectivity index (χ1) is 7.39. The van der Waals surface area contributed by atoms with E-state index in [-0.39, 0.29) is 16.4 Å². The van der Waals surface area contributed by atoms with Crippen molar-refractivity contribution in [2.45, 2.75) is 11.5 Å². The third-order valence-corrected chi connectivity index (χ3v) is 2.60. The maximum atomic E-state index is 12.7. The number of benzene rings is 1. The summed E-state index contributed by atoms with van der Waals surface area (Å²) in [6.45, 7) is 0. The van der Waals surface area contributed by atoms with Crippen molar-refractivity contribution in [2.75, 3.05) is 0 Å². The van der Waals surface area contributed by atoms with Crippen molar-refractivity contribution in [2.24, 2.45) is 0 Å². The van der Waals surface area contributed by atoms with Crippen molar-refractivity contribution in [1.82, 2.24) is 0 Å². The molecule has 1 heterocycles. The predicted octanol–water partition coefficient (Wildman–Crippen LogP) is 3.95. The van der Waals surface area contributed by atoms with E-state index in [2.05, 4.69) is 0 Å². The number of furan rings is 1. The molecule has 1 unspecified atom stereocenters. The number of fused-ring (bicyclic) bond motifs is 1. The van der Waals surface area contributed by atoms with Gasteiger partial charge in [-0.05, 0) is 23.7 Å². The van der Waals surface area contributed by atoms with Gasteiger partial charge in [0.2, 0.25) is 0 Å². The van der Waals surface area contributed by atoms with Gasteiger partial charge in [-0.2, -0.15) is 8.78 Å². The lowest BCUT2D eigenvalue weighted by molar-refractivity contribution is -0.0520. The van der Waals surface area contributed by atoms with Crippen molar-refractivity contribution in [3.63, 3.8) is 0 Å². The maximum absolute atomic E-state index is 12.7. The number of hydrogen-bond donors (Lipinski definition) is 1. The van der Waals surface area contributed by atoms with Crippen LogP contribution in [0.3, 0.4) is 0 Å². The van der Waals surface area contributed by atoms with Gasteiger partial charge >= 0.3 is 5.38 Å². The fourth-order valence-corrected chi connectivity index (χ4v) is 1.67. The van der Waals surface area contributed by atoms with Crippen LogP contribution in [0.2, 0.25) is 5.02 Å². The Morgan fingerprint density at radius 3 is 2.62 bits per heavy atom. The van der Waals surface area contributed by atoms with Crippen LogP contribution in [0.5, 0.6) is 0 Å². The average Bonchev–Trinajstić information content (AvgIpc) is 2.60. The molecule has 0 saturated heterocycles. The Kier molecular flexibility index (Phi) is 2.82. The number of hydrogen-bond acceptors (Lipinski definition) is 2. The van der Waals surface area contributed by atoms with E-state index in [1.54, 1.807) is 18.2 Å². The molecule has 16 heavy (non-hydrogen) atoms. The van der Waals surface area contributed by atoms with Gasteiger partial charge in [-0.1, -0.05) is 23.7 Å². The Balaban J connectivity index is 2.52. The monoisotopic (exact) mass is 266 g/mol. The first kappa shape index (κ1) is 11.6. The Morgan fingerprint density at radius 2 is 2.06 bits per heavy atom. The van der Waals surface area contributed by atoms with E-state index in [4.69, 9.17) is 27.6 Å². The Labute approximate surface area is 99.4 Å². The minimum atomic E-state index is -3.78. The van der Waals surface area contributed by atoms with E-state index < -0.39 is 11.5 Å². The highest BCUT2D eigenvalue weighted by Gasteiger charge is 2.39. The van der Waals surface area contributed by atoms with Crippen LogP contribution < -0.4 is 0 Å². The molecule has 0 aliphatic rings. The molecule has 0 bridgehead atoms. The maximum Gasteiger partial charge on any atom is 0.354 e. The first-order valence-corrected chi connectivity index (χ1v) is 5.08. The first-order valence-electron chi connectivity index (χ1n) is 4.32. The summed E-state index contributed by atoms with van der Waals surface area (Å²) in [5.74, 6) is -0.317. The lowest BCUT2D eigenvalue weighted by Gasteiger charge is -2.12. The number of para-hydroxylation sites is 1. The van der Waals surface area contributed by atoms with Crippen LogP contribution in [0.25, 0.3) is 11.0 Å². The van der Waals surface area contributed by atoms with Gasteiger partial charge in [0.05, 0.1) is 5.02 Å². The fraction of sp³-hybridized carbons (Fsp3) is 0.200. The summed E-state index contributed by atoms with van der Waals surface area (Å²) in [7, 11) is 0. The molecule has 2 rings (SSSR count). The number of alkyl halides is 3. The summed E-state index contributed by atoms with van der Waals surface area (Å²) in [6.07, 6.45) is -2.20. The highest BCUT2D eigenvalue weighted by molar-refractivity contribution is 6.34. The number of halogens is 4. The van der Waals surface area contributed by atoms with Crippen LogP contribution in [-0.4, -0.2) is 10.5 Å². The van der Waals surface area contributed by atoms with Gasteiger partial charge in [-0.15, -0.1) is 0 Å². The van der Waals surface area contributed by atoms with Crippen LogP contribution in [0.4, 0.5) is 8.78 Å². The van der Waals surface area contributed by atoms with Gasteiger partial charge in [0.25, 0.3) is 0 Å².